The number of hydrogen-bond acceptors (Lipinski definition) is 6. The monoisotopic (exact) mass is 514 g/mol. The van der Waals surface area contributed by atoms with Gasteiger partial charge in [-0.15, -0.1) is 10.2 Å². The molecule has 0 saturated carbocycles. The largest absolute Gasteiger partial charge is 0.495 e. The highest BCUT2D eigenvalue weighted by molar-refractivity contribution is 7.99. The number of hydrogen-bond donors (Lipinski definition) is 1. The predicted octanol–water partition coefficient (Wildman–Crippen LogP) is 5.53. The topological polar surface area (TPSA) is 78.3 Å². The fourth-order valence-corrected chi connectivity index (χ4v) is 4.15. The lowest BCUT2D eigenvalue weighted by molar-refractivity contribution is -0.113. The lowest BCUT2D eigenvalue weighted by Crippen LogP contribution is -2.15. The van der Waals surface area contributed by atoms with Crippen molar-refractivity contribution in [2.45, 2.75) is 18.0 Å². The van der Waals surface area contributed by atoms with E-state index in [1.165, 1.54) is 18.9 Å². The van der Waals surface area contributed by atoms with E-state index in [-0.39, 0.29) is 11.7 Å². The Morgan fingerprint density at radius 2 is 1.81 bits per heavy atom. The van der Waals surface area contributed by atoms with Gasteiger partial charge in [0.2, 0.25) is 5.91 Å². The molecule has 0 radical (unpaired) electrons. The first kappa shape index (κ1) is 24.5. The first-order valence-corrected chi connectivity index (χ1v) is 11.7. The number of aryl methyl sites for hydroxylation is 1. The Bertz CT molecular complexity index is 1090. The molecule has 0 fully saturated rings. The van der Waals surface area contributed by atoms with Gasteiger partial charge < -0.3 is 19.4 Å². The van der Waals surface area contributed by atoms with Gasteiger partial charge in [0.15, 0.2) is 5.16 Å². The van der Waals surface area contributed by atoms with Crippen molar-refractivity contribution in [1.82, 2.24) is 14.8 Å². The zero-order valence-electron chi connectivity index (χ0n) is 17.4. The number of nitrogens with zero attached hydrogens (tertiary/aromatic N) is 3. The van der Waals surface area contributed by atoms with Gasteiger partial charge in [-0.1, -0.05) is 46.6 Å². The number of carbonyl (C=O) groups is 1. The van der Waals surface area contributed by atoms with Crippen LogP contribution in [0, 0.1) is 0 Å². The number of carbonyl (C=O) groups excluding carboxylic acids is 1. The second-order valence-electron chi connectivity index (χ2n) is 6.67. The zero-order valence-corrected chi connectivity index (χ0v) is 20.5. The lowest BCUT2D eigenvalue weighted by atomic mass is 10.3. The number of ether oxygens (including phenoxy) is 2. The number of aromatic nitrogens is 3. The van der Waals surface area contributed by atoms with Crippen LogP contribution < -0.4 is 14.8 Å². The average Bonchev–Trinajstić information content (AvgIpc) is 3.10. The second-order valence-corrected chi connectivity index (χ2v) is 8.89. The number of rotatable bonds is 10. The number of amides is 1. The Labute approximate surface area is 205 Å². The van der Waals surface area contributed by atoms with Gasteiger partial charge in [0.05, 0.1) is 30.2 Å². The molecule has 2 aromatic carbocycles. The molecule has 1 amide bonds. The SMILES string of the molecule is COc1ccc(Cl)cc1NC(=O)CSc1nnc(CCCOc2ccc(Cl)cc2Cl)n1C. The number of thioether (sulfide) groups is 1. The average molecular weight is 516 g/mol. The van der Waals surface area contributed by atoms with Crippen LogP contribution in [-0.4, -0.2) is 40.1 Å². The number of nitrogens with one attached hydrogen (secondary N) is 1. The first-order chi connectivity index (χ1) is 15.4. The molecule has 0 unspecified atom stereocenters. The minimum atomic E-state index is -0.201. The third kappa shape index (κ3) is 6.68. The summed E-state index contributed by atoms with van der Waals surface area (Å²) < 4.78 is 12.8. The highest BCUT2D eigenvalue weighted by Gasteiger charge is 2.13. The standard InChI is InChI=1S/C21H21Cl3N4O3S/c1-28-19(4-3-9-31-17-7-5-13(22)10-15(17)24)26-27-21(28)32-12-20(29)25-16-11-14(23)6-8-18(16)30-2/h5-8,10-11H,3-4,9,12H2,1-2H3,(H,25,29). The van der Waals surface area contributed by atoms with Crippen LogP contribution in [-0.2, 0) is 18.3 Å². The van der Waals surface area contributed by atoms with E-state index in [1.54, 1.807) is 36.4 Å². The molecule has 0 bridgehead atoms. The molecule has 3 aromatic rings. The van der Waals surface area contributed by atoms with Gasteiger partial charge >= 0.3 is 0 Å². The fourth-order valence-electron chi connectivity index (χ4n) is 2.79. The molecule has 1 heterocycles. The van der Waals surface area contributed by atoms with Crippen molar-refractivity contribution >= 4 is 58.2 Å². The molecule has 11 heteroatoms. The van der Waals surface area contributed by atoms with E-state index in [1.807, 2.05) is 11.6 Å². The Morgan fingerprint density at radius 3 is 2.53 bits per heavy atom. The quantitative estimate of drug-likeness (QED) is 0.283. The Kier molecular flexibility index (Phi) is 8.92. The van der Waals surface area contributed by atoms with Crippen LogP contribution in [0.1, 0.15) is 12.2 Å². The normalized spacial score (nSPS) is 10.8. The minimum absolute atomic E-state index is 0.166. The van der Waals surface area contributed by atoms with Gasteiger partial charge in [0.1, 0.15) is 17.3 Å². The zero-order chi connectivity index (χ0) is 23.1. The highest BCUT2D eigenvalue weighted by Crippen LogP contribution is 2.29. The van der Waals surface area contributed by atoms with E-state index < -0.39 is 0 Å². The van der Waals surface area contributed by atoms with Gasteiger partial charge in [-0.25, -0.2) is 0 Å². The van der Waals surface area contributed by atoms with E-state index in [9.17, 15) is 4.79 Å². The summed E-state index contributed by atoms with van der Waals surface area (Å²) in [5, 5.41) is 13.4. The number of methoxy groups -OCH3 is 1. The smallest absolute Gasteiger partial charge is 0.234 e. The summed E-state index contributed by atoms with van der Waals surface area (Å²) in [6.45, 7) is 0.473. The van der Waals surface area contributed by atoms with Gasteiger partial charge in [-0.3, -0.25) is 4.79 Å². The summed E-state index contributed by atoms with van der Waals surface area (Å²) >= 11 is 19.3. The van der Waals surface area contributed by atoms with E-state index in [4.69, 9.17) is 44.3 Å². The van der Waals surface area contributed by atoms with Crippen LogP contribution in [0.5, 0.6) is 11.5 Å². The van der Waals surface area contributed by atoms with Gasteiger partial charge in [0.25, 0.3) is 0 Å². The predicted molar refractivity (Wildman–Crippen MR) is 129 cm³/mol. The maximum Gasteiger partial charge on any atom is 0.234 e. The lowest BCUT2D eigenvalue weighted by Gasteiger charge is -2.10. The van der Waals surface area contributed by atoms with Crippen molar-refractivity contribution in [2.75, 3.05) is 24.8 Å². The minimum Gasteiger partial charge on any atom is -0.495 e. The highest BCUT2D eigenvalue weighted by atomic mass is 35.5. The van der Waals surface area contributed by atoms with E-state index in [0.717, 1.165) is 12.2 Å². The second kappa shape index (κ2) is 11.7. The molecular weight excluding hydrogens is 495 g/mol. The van der Waals surface area contributed by atoms with Crippen LogP contribution in [0.2, 0.25) is 15.1 Å². The summed E-state index contributed by atoms with van der Waals surface area (Å²) in [7, 11) is 3.40. The molecule has 3 rings (SSSR count). The third-order valence-corrected chi connectivity index (χ3v) is 6.18. The van der Waals surface area contributed by atoms with Crippen LogP contribution in [0.15, 0.2) is 41.6 Å². The summed E-state index contributed by atoms with van der Waals surface area (Å²) in [5.41, 5.74) is 0.519. The molecule has 0 saturated heterocycles. The van der Waals surface area contributed by atoms with Crippen molar-refractivity contribution in [3.63, 3.8) is 0 Å². The van der Waals surface area contributed by atoms with Gasteiger partial charge in [-0.2, -0.15) is 0 Å². The fraction of sp³-hybridized carbons (Fsp3) is 0.286. The molecule has 0 aliphatic carbocycles. The van der Waals surface area contributed by atoms with Crippen LogP contribution in [0.4, 0.5) is 5.69 Å². The summed E-state index contributed by atoms with van der Waals surface area (Å²) in [4.78, 5) is 12.4. The summed E-state index contributed by atoms with van der Waals surface area (Å²) in [6, 6.07) is 10.1. The maximum absolute atomic E-state index is 12.4. The molecule has 7 nitrogen and oxygen atoms in total. The third-order valence-electron chi connectivity index (χ3n) is 4.39. The van der Waals surface area contributed by atoms with Crippen LogP contribution in [0.3, 0.4) is 0 Å². The van der Waals surface area contributed by atoms with E-state index >= 15 is 0 Å². The van der Waals surface area contributed by atoms with Crippen molar-refractivity contribution in [2.24, 2.45) is 7.05 Å². The Hall–Kier alpha value is -2.13. The molecule has 1 N–H and O–H groups in total. The molecule has 170 valence electrons. The summed E-state index contributed by atoms with van der Waals surface area (Å²) in [5.74, 6) is 1.90. The molecule has 1 aromatic heterocycles. The molecular formula is C21H21Cl3N4O3S. The van der Waals surface area contributed by atoms with Crippen molar-refractivity contribution in [3.8, 4) is 11.5 Å². The molecule has 32 heavy (non-hydrogen) atoms. The first-order valence-electron chi connectivity index (χ1n) is 9.59. The number of anilines is 1. The van der Waals surface area contributed by atoms with Crippen molar-refractivity contribution < 1.29 is 14.3 Å². The Balaban J connectivity index is 1.47. The van der Waals surface area contributed by atoms with Crippen LogP contribution >= 0.6 is 46.6 Å². The molecule has 0 spiro atoms. The number of halogens is 3. The van der Waals surface area contributed by atoms with E-state index in [2.05, 4.69) is 15.5 Å². The van der Waals surface area contributed by atoms with Crippen molar-refractivity contribution in [3.05, 3.63) is 57.3 Å². The van der Waals surface area contributed by atoms with Gasteiger partial charge in [0, 0.05) is 23.5 Å². The molecule has 0 aliphatic rings. The Morgan fingerprint density at radius 1 is 1.09 bits per heavy atom. The van der Waals surface area contributed by atoms with Crippen molar-refractivity contribution in [1.29, 1.82) is 0 Å². The van der Waals surface area contributed by atoms with E-state index in [0.29, 0.717) is 50.4 Å². The molecule has 0 aliphatic heterocycles. The summed E-state index contributed by atoms with van der Waals surface area (Å²) in [6.07, 6.45) is 1.39. The maximum atomic E-state index is 12.4. The molecule has 0 atom stereocenters. The van der Waals surface area contributed by atoms with Gasteiger partial charge in [-0.05, 0) is 42.8 Å². The number of benzene rings is 2. The van der Waals surface area contributed by atoms with Crippen LogP contribution in [0.25, 0.3) is 0 Å².